The van der Waals surface area contributed by atoms with Gasteiger partial charge in [0.15, 0.2) is 5.58 Å². The molecule has 2 aromatic carbocycles. The van der Waals surface area contributed by atoms with E-state index in [1.54, 1.807) is 37.5 Å². The molecular formula is C18H14NO4S-. The van der Waals surface area contributed by atoms with Gasteiger partial charge in [-0.2, -0.15) is 0 Å². The first-order valence-electron chi connectivity index (χ1n) is 7.18. The van der Waals surface area contributed by atoms with E-state index < -0.39 is 5.97 Å². The number of carboxylic acids is 1. The van der Waals surface area contributed by atoms with Gasteiger partial charge >= 0.3 is 0 Å². The predicted molar refractivity (Wildman–Crippen MR) is 90.6 cm³/mol. The van der Waals surface area contributed by atoms with Crippen molar-refractivity contribution in [3.63, 3.8) is 0 Å². The zero-order valence-electron chi connectivity index (χ0n) is 13.1. The summed E-state index contributed by atoms with van der Waals surface area (Å²) in [5, 5.41) is 11.7. The lowest BCUT2D eigenvalue weighted by Gasteiger charge is -2.08. The normalized spacial score (nSPS) is 11.7. The number of hydrogen-bond acceptors (Lipinski definition) is 6. The van der Waals surface area contributed by atoms with Crippen LogP contribution in [0.15, 0.2) is 57.0 Å². The van der Waals surface area contributed by atoms with Crippen LogP contribution < -0.4 is 9.84 Å². The van der Waals surface area contributed by atoms with Gasteiger partial charge in [0, 0.05) is 4.91 Å². The number of para-hydroxylation sites is 2. The molecule has 0 unspecified atom stereocenters. The van der Waals surface area contributed by atoms with Crippen LogP contribution in [0.3, 0.4) is 0 Å². The Morgan fingerprint density at radius 3 is 2.75 bits per heavy atom. The fraction of sp³-hybridized carbons (Fsp3) is 0.111. The van der Waals surface area contributed by atoms with E-state index in [4.69, 9.17) is 9.15 Å². The quantitative estimate of drug-likeness (QED) is 0.525. The third-order valence-corrected chi connectivity index (χ3v) is 4.29. The van der Waals surface area contributed by atoms with Gasteiger partial charge in [-0.1, -0.05) is 18.2 Å². The lowest BCUT2D eigenvalue weighted by Crippen LogP contribution is -2.23. The van der Waals surface area contributed by atoms with Gasteiger partial charge in [-0.05, 0) is 60.2 Å². The number of rotatable bonds is 5. The Labute approximate surface area is 143 Å². The first-order chi connectivity index (χ1) is 11.6. The minimum Gasteiger partial charge on any atom is -0.544 e. The second-order valence-corrected chi connectivity index (χ2v) is 6.06. The number of oxazole rings is 1. The summed E-state index contributed by atoms with van der Waals surface area (Å²) in [5.74, 6) is -0.566. The molecule has 1 aromatic heterocycles. The van der Waals surface area contributed by atoms with E-state index in [1.807, 2.05) is 25.1 Å². The summed E-state index contributed by atoms with van der Waals surface area (Å²) in [7, 11) is 1.58. The van der Waals surface area contributed by atoms with Crippen molar-refractivity contribution in [3.05, 3.63) is 58.5 Å². The van der Waals surface area contributed by atoms with Crippen LogP contribution in [0.5, 0.6) is 5.75 Å². The molecule has 24 heavy (non-hydrogen) atoms. The number of benzene rings is 2. The standard InChI is InChI=1S/C18H15NO4S/c1-11-9-13(22-2)8-7-12(11)10-16(17(20)21)24-18-19-14-5-3-4-6-15(14)23-18/h3-10H,1-2H3,(H,20,21)/p-1/b16-10-. The van der Waals surface area contributed by atoms with Crippen molar-refractivity contribution in [2.75, 3.05) is 7.11 Å². The molecule has 0 fully saturated rings. The largest absolute Gasteiger partial charge is 0.544 e. The molecule has 0 spiro atoms. The molecular weight excluding hydrogens is 326 g/mol. The van der Waals surface area contributed by atoms with Gasteiger partial charge in [-0.3, -0.25) is 0 Å². The second-order valence-electron chi connectivity index (χ2n) is 5.07. The minimum absolute atomic E-state index is 0.0230. The maximum atomic E-state index is 11.5. The molecule has 0 bridgehead atoms. The van der Waals surface area contributed by atoms with E-state index in [2.05, 4.69) is 4.98 Å². The molecule has 0 aliphatic heterocycles. The highest BCUT2D eigenvalue weighted by atomic mass is 32.2. The van der Waals surface area contributed by atoms with Crippen LogP contribution in [0, 0.1) is 6.92 Å². The minimum atomic E-state index is -1.28. The summed E-state index contributed by atoms with van der Waals surface area (Å²) in [4.78, 5) is 15.8. The van der Waals surface area contributed by atoms with Gasteiger partial charge in [-0.15, -0.1) is 0 Å². The molecule has 0 N–H and O–H groups in total. The lowest BCUT2D eigenvalue weighted by atomic mass is 10.1. The van der Waals surface area contributed by atoms with E-state index >= 15 is 0 Å². The van der Waals surface area contributed by atoms with Crippen LogP contribution in [0.25, 0.3) is 17.2 Å². The Hall–Kier alpha value is -2.73. The van der Waals surface area contributed by atoms with E-state index in [-0.39, 0.29) is 10.1 Å². The van der Waals surface area contributed by atoms with E-state index in [0.29, 0.717) is 16.8 Å². The Balaban J connectivity index is 1.93. The van der Waals surface area contributed by atoms with Crippen LogP contribution in [0.1, 0.15) is 11.1 Å². The molecule has 0 radical (unpaired) electrons. The van der Waals surface area contributed by atoms with Crippen molar-refractivity contribution in [1.82, 2.24) is 4.98 Å². The van der Waals surface area contributed by atoms with Gasteiger partial charge in [0.2, 0.25) is 0 Å². The highest BCUT2D eigenvalue weighted by molar-refractivity contribution is 8.03. The molecule has 5 nitrogen and oxygen atoms in total. The van der Waals surface area contributed by atoms with Crippen LogP contribution in [0.2, 0.25) is 0 Å². The molecule has 0 saturated heterocycles. The number of ether oxygens (including phenoxy) is 1. The van der Waals surface area contributed by atoms with Crippen molar-refractivity contribution < 1.29 is 19.1 Å². The van der Waals surface area contributed by atoms with Gasteiger partial charge in [0.1, 0.15) is 11.3 Å². The number of hydrogen-bond donors (Lipinski definition) is 0. The molecule has 1 heterocycles. The average Bonchev–Trinajstić information content (AvgIpc) is 2.98. The highest BCUT2D eigenvalue weighted by Crippen LogP contribution is 2.31. The fourth-order valence-corrected chi connectivity index (χ4v) is 2.93. The highest BCUT2D eigenvalue weighted by Gasteiger charge is 2.11. The number of methoxy groups -OCH3 is 1. The zero-order valence-corrected chi connectivity index (χ0v) is 13.9. The van der Waals surface area contributed by atoms with Crippen LogP contribution in [-0.4, -0.2) is 18.1 Å². The first kappa shape index (κ1) is 16.1. The number of nitrogens with zero attached hydrogens (tertiary/aromatic N) is 1. The maximum absolute atomic E-state index is 11.5. The summed E-state index contributed by atoms with van der Waals surface area (Å²) >= 11 is 0.926. The molecule has 0 saturated carbocycles. The molecule has 122 valence electrons. The van der Waals surface area contributed by atoms with Gasteiger partial charge < -0.3 is 19.1 Å². The van der Waals surface area contributed by atoms with E-state index in [1.165, 1.54) is 0 Å². The predicted octanol–water partition coefficient (Wildman–Crippen LogP) is 3.03. The third-order valence-electron chi connectivity index (χ3n) is 3.44. The van der Waals surface area contributed by atoms with Crippen LogP contribution in [-0.2, 0) is 4.79 Å². The summed E-state index contributed by atoms with van der Waals surface area (Å²) in [6.07, 6.45) is 1.55. The second kappa shape index (κ2) is 6.80. The van der Waals surface area contributed by atoms with E-state index in [9.17, 15) is 9.90 Å². The number of fused-ring (bicyclic) bond motifs is 1. The number of aromatic nitrogens is 1. The summed E-state index contributed by atoms with van der Waals surface area (Å²) < 4.78 is 10.7. The Kier molecular flexibility index (Phi) is 4.57. The summed E-state index contributed by atoms with van der Waals surface area (Å²) in [5.41, 5.74) is 2.95. The number of carbonyl (C=O) groups is 1. The number of thioether (sulfide) groups is 1. The fourth-order valence-electron chi connectivity index (χ4n) is 2.20. The zero-order chi connectivity index (χ0) is 17.1. The monoisotopic (exact) mass is 340 g/mol. The van der Waals surface area contributed by atoms with Crippen molar-refractivity contribution in [2.24, 2.45) is 0 Å². The van der Waals surface area contributed by atoms with Gasteiger partial charge in [0.05, 0.1) is 13.1 Å². The molecule has 0 aliphatic rings. The molecule has 3 rings (SSSR count). The SMILES string of the molecule is COc1ccc(/C=C(\Sc2nc3ccccc3o2)C(=O)[O-])c(C)c1. The number of aryl methyl sites for hydroxylation is 1. The molecule has 0 atom stereocenters. The molecule has 0 aliphatic carbocycles. The summed E-state index contributed by atoms with van der Waals surface area (Å²) in [6, 6.07) is 12.7. The third kappa shape index (κ3) is 3.44. The Morgan fingerprint density at radius 2 is 2.08 bits per heavy atom. The summed E-state index contributed by atoms with van der Waals surface area (Å²) in [6.45, 7) is 1.88. The van der Waals surface area contributed by atoms with Gasteiger partial charge in [-0.25, -0.2) is 4.98 Å². The molecule has 0 amide bonds. The number of aliphatic carboxylic acids is 1. The Morgan fingerprint density at radius 1 is 1.29 bits per heavy atom. The Bertz CT molecular complexity index is 897. The lowest BCUT2D eigenvalue weighted by molar-refractivity contribution is -0.298. The molecule has 3 aromatic rings. The van der Waals surface area contributed by atoms with E-state index in [0.717, 1.165) is 22.9 Å². The average molecular weight is 340 g/mol. The maximum Gasteiger partial charge on any atom is 0.261 e. The van der Waals surface area contributed by atoms with Crippen LogP contribution >= 0.6 is 11.8 Å². The molecule has 6 heteroatoms. The topological polar surface area (TPSA) is 75.4 Å². The van der Waals surface area contributed by atoms with Crippen molar-refractivity contribution in [2.45, 2.75) is 12.1 Å². The first-order valence-corrected chi connectivity index (χ1v) is 7.99. The van der Waals surface area contributed by atoms with Crippen molar-refractivity contribution in [3.8, 4) is 5.75 Å². The van der Waals surface area contributed by atoms with Crippen molar-refractivity contribution in [1.29, 1.82) is 0 Å². The smallest absolute Gasteiger partial charge is 0.261 e. The van der Waals surface area contributed by atoms with Gasteiger partial charge in [0.25, 0.3) is 5.22 Å². The van der Waals surface area contributed by atoms with Crippen LogP contribution in [0.4, 0.5) is 0 Å². The number of carboxylic acid groups (broad SMARTS) is 1. The number of carbonyl (C=O) groups excluding carboxylic acids is 1. The van der Waals surface area contributed by atoms with Crippen molar-refractivity contribution >= 4 is 34.9 Å².